The number of amides is 1. The fraction of sp³-hybridized carbons (Fsp3) is 0.296. The first kappa shape index (κ1) is 26.7. The van der Waals surface area contributed by atoms with Gasteiger partial charge in [-0.1, -0.05) is 47.5 Å². The maximum absolute atomic E-state index is 12.2. The van der Waals surface area contributed by atoms with E-state index in [-0.39, 0.29) is 17.8 Å². The number of rotatable bonds is 7. The van der Waals surface area contributed by atoms with Gasteiger partial charge in [-0.3, -0.25) is 10.1 Å². The largest absolute Gasteiger partial charge is 0.450 e. The van der Waals surface area contributed by atoms with Gasteiger partial charge in [-0.2, -0.15) is 0 Å². The van der Waals surface area contributed by atoms with Crippen LogP contribution in [0.15, 0.2) is 66.7 Å². The molecular formula is C27H27Cl2N3O5. The molecule has 3 aromatic rings. The first-order valence-electron chi connectivity index (χ1n) is 11.9. The SMILES string of the molecule is CCOC(=O)N1CCC(Nc2cc(C(O)(c3ccc(Cl)cc3)c3ccc(Cl)cc3)ccc2[N+](=O)[O-])CC1. The van der Waals surface area contributed by atoms with E-state index >= 15 is 0 Å². The maximum Gasteiger partial charge on any atom is 0.409 e. The summed E-state index contributed by atoms with van der Waals surface area (Å²) in [4.78, 5) is 25.1. The first-order chi connectivity index (χ1) is 17.7. The van der Waals surface area contributed by atoms with Gasteiger partial charge in [0, 0.05) is 35.2 Å². The summed E-state index contributed by atoms with van der Waals surface area (Å²) in [6.45, 7) is 3.01. The molecular weight excluding hydrogens is 517 g/mol. The minimum Gasteiger partial charge on any atom is -0.450 e. The minimum atomic E-state index is -1.63. The molecule has 0 aliphatic carbocycles. The number of ether oxygens (including phenoxy) is 1. The molecule has 1 amide bonds. The van der Waals surface area contributed by atoms with Crippen LogP contribution in [0.5, 0.6) is 0 Å². The molecule has 37 heavy (non-hydrogen) atoms. The Bertz CT molecular complexity index is 1210. The van der Waals surface area contributed by atoms with Crippen LogP contribution in [0.2, 0.25) is 10.0 Å². The molecule has 1 heterocycles. The van der Waals surface area contributed by atoms with E-state index in [1.807, 2.05) is 0 Å². The Hall–Kier alpha value is -3.33. The van der Waals surface area contributed by atoms with Gasteiger partial charge in [0.2, 0.25) is 0 Å². The molecule has 4 rings (SSSR count). The predicted octanol–water partition coefficient (Wildman–Crippen LogP) is 6.22. The summed E-state index contributed by atoms with van der Waals surface area (Å²) >= 11 is 12.2. The zero-order chi connectivity index (χ0) is 26.6. The summed E-state index contributed by atoms with van der Waals surface area (Å²) in [5, 5.41) is 28.3. The Morgan fingerprint density at radius 2 is 1.54 bits per heavy atom. The van der Waals surface area contributed by atoms with Crippen LogP contribution in [0.4, 0.5) is 16.2 Å². The molecule has 10 heteroatoms. The van der Waals surface area contributed by atoms with Gasteiger partial charge in [0.05, 0.1) is 11.5 Å². The van der Waals surface area contributed by atoms with Crippen LogP contribution in [-0.2, 0) is 10.3 Å². The Labute approximate surface area is 224 Å². The number of benzene rings is 3. The number of halogens is 2. The van der Waals surface area contributed by atoms with Gasteiger partial charge in [0.25, 0.3) is 5.69 Å². The van der Waals surface area contributed by atoms with E-state index < -0.39 is 10.5 Å². The molecule has 1 fully saturated rings. The summed E-state index contributed by atoms with van der Waals surface area (Å²) in [6, 6.07) is 18.1. The summed E-state index contributed by atoms with van der Waals surface area (Å²) < 4.78 is 5.07. The molecule has 2 N–H and O–H groups in total. The van der Waals surface area contributed by atoms with Crippen molar-refractivity contribution in [3.8, 4) is 0 Å². The number of likely N-dealkylation sites (tertiary alicyclic amines) is 1. The summed E-state index contributed by atoms with van der Waals surface area (Å²) in [5.41, 5.74) is 0.0795. The van der Waals surface area contributed by atoms with E-state index in [1.165, 1.54) is 6.07 Å². The fourth-order valence-corrected chi connectivity index (χ4v) is 4.81. The van der Waals surface area contributed by atoms with Gasteiger partial charge in [-0.05, 0) is 72.9 Å². The molecule has 0 saturated carbocycles. The van der Waals surface area contributed by atoms with Crippen LogP contribution in [0.1, 0.15) is 36.5 Å². The topological polar surface area (TPSA) is 105 Å². The number of hydrogen-bond donors (Lipinski definition) is 2. The average Bonchev–Trinajstić information content (AvgIpc) is 2.89. The number of nitro groups is 1. The van der Waals surface area contributed by atoms with Crippen molar-refractivity contribution in [1.82, 2.24) is 4.90 Å². The lowest BCUT2D eigenvalue weighted by Gasteiger charge is -2.33. The van der Waals surface area contributed by atoms with Crippen LogP contribution in [0.25, 0.3) is 0 Å². The smallest absolute Gasteiger partial charge is 0.409 e. The Kier molecular flexibility index (Phi) is 8.22. The van der Waals surface area contributed by atoms with Crippen molar-refractivity contribution < 1.29 is 19.6 Å². The van der Waals surface area contributed by atoms with Gasteiger partial charge in [0.1, 0.15) is 11.3 Å². The van der Waals surface area contributed by atoms with Crippen molar-refractivity contribution in [2.24, 2.45) is 0 Å². The lowest BCUT2D eigenvalue weighted by Crippen LogP contribution is -2.42. The highest BCUT2D eigenvalue weighted by Gasteiger charge is 2.36. The monoisotopic (exact) mass is 543 g/mol. The lowest BCUT2D eigenvalue weighted by atomic mass is 9.80. The van der Waals surface area contributed by atoms with Crippen LogP contribution in [0, 0.1) is 10.1 Å². The van der Waals surface area contributed by atoms with E-state index in [4.69, 9.17) is 27.9 Å². The number of piperidine rings is 1. The average molecular weight is 544 g/mol. The molecule has 0 bridgehead atoms. The second kappa shape index (κ2) is 11.4. The van der Waals surface area contributed by atoms with Crippen LogP contribution < -0.4 is 5.32 Å². The van der Waals surface area contributed by atoms with Crippen molar-refractivity contribution in [3.63, 3.8) is 0 Å². The van der Waals surface area contributed by atoms with Gasteiger partial charge >= 0.3 is 6.09 Å². The maximum atomic E-state index is 12.2. The van der Waals surface area contributed by atoms with Crippen molar-refractivity contribution in [1.29, 1.82) is 0 Å². The van der Waals surface area contributed by atoms with Gasteiger partial charge in [-0.25, -0.2) is 4.79 Å². The highest BCUT2D eigenvalue weighted by molar-refractivity contribution is 6.30. The third-order valence-electron chi connectivity index (χ3n) is 6.52. The highest BCUT2D eigenvalue weighted by Crippen LogP contribution is 2.40. The van der Waals surface area contributed by atoms with Crippen molar-refractivity contribution in [2.45, 2.75) is 31.4 Å². The summed E-state index contributed by atoms with van der Waals surface area (Å²) in [7, 11) is 0. The van der Waals surface area contributed by atoms with Gasteiger partial charge in [0.15, 0.2) is 0 Å². The summed E-state index contributed by atoms with van der Waals surface area (Å²) in [5.74, 6) is 0. The second-order valence-electron chi connectivity index (χ2n) is 8.82. The molecule has 1 saturated heterocycles. The normalized spacial score (nSPS) is 14.3. The number of nitrogens with zero attached hydrogens (tertiary/aromatic N) is 2. The Morgan fingerprint density at radius 3 is 2.03 bits per heavy atom. The highest BCUT2D eigenvalue weighted by atomic mass is 35.5. The number of anilines is 1. The standard InChI is InChI=1S/C27H27Cl2N3O5/c1-2-37-26(33)31-15-13-23(14-16-31)30-24-17-20(7-12-25(24)32(35)36)27(34,18-3-8-21(28)9-4-18)19-5-10-22(29)11-6-19/h3-12,17,23,30,34H,2,13-16H2,1H3. The van der Waals surface area contributed by atoms with Crippen molar-refractivity contribution >= 4 is 40.7 Å². The first-order valence-corrected chi connectivity index (χ1v) is 12.7. The number of aliphatic hydroxyl groups is 1. The molecule has 0 unspecified atom stereocenters. The second-order valence-corrected chi connectivity index (χ2v) is 9.69. The van der Waals surface area contributed by atoms with E-state index in [9.17, 15) is 20.0 Å². The molecule has 194 valence electrons. The van der Waals surface area contributed by atoms with Gasteiger partial charge < -0.3 is 20.1 Å². The van der Waals surface area contributed by atoms with Crippen LogP contribution in [-0.4, -0.2) is 46.8 Å². The quantitative estimate of drug-likeness (QED) is 0.208. The molecule has 1 aliphatic heterocycles. The molecule has 0 radical (unpaired) electrons. The van der Waals surface area contributed by atoms with E-state index in [1.54, 1.807) is 72.5 Å². The zero-order valence-electron chi connectivity index (χ0n) is 20.2. The predicted molar refractivity (Wildman–Crippen MR) is 143 cm³/mol. The van der Waals surface area contributed by atoms with Crippen molar-refractivity contribution in [2.75, 3.05) is 25.0 Å². The van der Waals surface area contributed by atoms with E-state index in [2.05, 4.69) is 5.32 Å². The van der Waals surface area contributed by atoms with Crippen LogP contribution >= 0.6 is 23.2 Å². The number of hydrogen-bond acceptors (Lipinski definition) is 6. The molecule has 3 aromatic carbocycles. The number of nitro benzene ring substituents is 1. The summed E-state index contributed by atoms with van der Waals surface area (Å²) in [6.07, 6.45) is 0.836. The third-order valence-corrected chi connectivity index (χ3v) is 7.02. The minimum absolute atomic E-state index is 0.0983. The van der Waals surface area contributed by atoms with Gasteiger partial charge in [-0.15, -0.1) is 0 Å². The number of carbonyl (C=O) groups excluding carboxylic acids is 1. The molecule has 1 aliphatic rings. The Balaban J connectivity index is 1.70. The fourth-order valence-electron chi connectivity index (χ4n) is 4.56. The Morgan fingerprint density at radius 1 is 1.03 bits per heavy atom. The lowest BCUT2D eigenvalue weighted by molar-refractivity contribution is -0.384. The molecule has 0 atom stereocenters. The number of carbonyl (C=O) groups is 1. The molecule has 8 nitrogen and oxygen atoms in total. The van der Waals surface area contributed by atoms with Crippen molar-refractivity contribution in [3.05, 3.63) is 104 Å². The third kappa shape index (κ3) is 5.82. The van der Waals surface area contributed by atoms with Crippen LogP contribution in [0.3, 0.4) is 0 Å². The molecule has 0 spiro atoms. The van der Waals surface area contributed by atoms with E-state index in [0.717, 1.165) is 0 Å². The van der Waals surface area contributed by atoms with E-state index in [0.29, 0.717) is 65.0 Å². The number of nitrogens with one attached hydrogen (secondary N) is 1. The molecule has 0 aromatic heterocycles. The zero-order valence-corrected chi connectivity index (χ0v) is 21.7.